The van der Waals surface area contributed by atoms with Crippen LogP contribution < -0.4 is 12.4 Å². The van der Waals surface area contributed by atoms with Crippen molar-refractivity contribution in [2.75, 3.05) is 0 Å². The molecule has 0 unspecified atom stereocenters. The van der Waals surface area contributed by atoms with E-state index in [1.807, 2.05) is 12.2 Å². The van der Waals surface area contributed by atoms with Crippen molar-refractivity contribution in [2.24, 2.45) is 0 Å². The number of amides is 1. The second-order valence-electron chi connectivity index (χ2n) is 5.58. The summed E-state index contributed by atoms with van der Waals surface area (Å²) in [5.41, 5.74) is 6.73. The zero-order valence-corrected chi connectivity index (χ0v) is 20.2. The molecule has 0 fully saturated rings. The third-order valence-corrected chi connectivity index (χ3v) is 3.09. The topological polar surface area (TPSA) is 40.9 Å². The second-order valence-corrected chi connectivity index (χ2v) is 6.74. The fourth-order valence-corrected chi connectivity index (χ4v) is 1.94. The summed E-state index contributed by atoms with van der Waals surface area (Å²) in [5.74, 6) is -0.409. The molecule has 2 nitrogen and oxygen atoms in total. The van der Waals surface area contributed by atoms with E-state index in [9.17, 15) is 4.79 Å². The first kappa shape index (κ1) is 32.0. The Balaban J connectivity index is -0.000000166. The standard InChI is InChI=1S/C12H25NO.C5H5.C2H7Si.ClH.Zr/c1-2-3-4-5-6-7-8-9-10-11-12(13)14;1-2-4-5-3-1;1-3-2;;/h2-11H2,1H3,(H2,13,14);1-3H,4H2;3H,1-2H3;1H;/q;-1;;;+3/p-2. The van der Waals surface area contributed by atoms with Crippen molar-refractivity contribution >= 4 is 15.4 Å². The van der Waals surface area contributed by atoms with Crippen LogP contribution in [-0.4, -0.2) is 15.4 Å². The summed E-state index contributed by atoms with van der Waals surface area (Å²) in [6.07, 6.45) is 21.8. The van der Waals surface area contributed by atoms with E-state index in [1.165, 1.54) is 44.9 Å². The summed E-state index contributed by atoms with van der Waals surface area (Å²) < 4.78 is 0. The van der Waals surface area contributed by atoms with Crippen LogP contribution in [0.25, 0.3) is 5.73 Å². The Morgan fingerprint density at radius 2 is 1.50 bits per heavy atom. The van der Waals surface area contributed by atoms with Crippen LogP contribution in [0.3, 0.4) is 0 Å². The van der Waals surface area contributed by atoms with Crippen molar-refractivity contribution in [3.05, 3.63) is 30.0 Å². The van der Waals surface area contributed by atoms with Gasteiger partial charge in [-0.1, -0.05) is 71.4 Å². The first-order valence-corrected chi connectivity index (χ1v) is 11.2. The fourth-order valence-electron chi connectivity index (χ4n) is 1.94. The Labute approximate surface area is 178 Å². The molecular formula is C19H36ClNOSiZr. The first-order valence-electron chi connectivity index (χ1n) is 8.89. The van der Waals surface area contributed by atoms with Crippen molar-refractivity contribution in [3.63, 3.8) is 0 Å². The van der Waals surface area contributed by atoms with Gasteiger partial charge in [0.25, 0.3) is 0 Å². The molecule has 0 aromatic carbocycles. The maximum atomic E-state index is 10.3. The third kappa shape index (κ3) is 38.1. The molecule has 0 bridgehead atoms. The van der Waals surface area contributed by atoms with Gasteiger partial charge in [0.05, 0.1) is 0 Å². The summed E-state index contributed by atoms with van der Waals surface area (Å²) in [6, 6.07) is 0. The van der Waals surface area contributed by atoms with Gasteiger partial charge in [-0.2, -0.15) is 6.08 Å². The molecule has 2 radical (unpaired) electrons. The molecule has 1 rings (SSSR count). The van der Waals surface area contributed by atoms with E-state index < -0.39 is 5.91 Å². The molecule has 0 atom stereocenters. The number of hydrogen-bond donors (Lipinski definition) is 0. The van der Waals surface area contributed by atoms with Crippen LogP contribution in [0.15, 0.2) is 18.2 Å². The number of allylic oxidation sites excluding steroid dienone is 4. The molecule has 0 saturated heterocycles. The van der Waals surface area contributed by atoms with Crippen molar-refractivity contribution in [2.45, 2.75) is 90.6 Å². The number of carbonyl (C=O) groups excluding carboxylic acids is 1. The molecule has 1 N–H and O–H groups in total. The van der Waals surface area contributed by atoms with Gasteiger partial charge < -0.3 is 22.9 Å². The summed E-state index contributed by atoms with van der Waals surface area (Å²) >= 11 is 0. The quantitative estimate of drug-likeness (QED) is 0.287. The van der Waals surface area contributed by atoms with Crippen molar-refractivity contribution in [3.8, 4) is 0 Å². The van der Waals surface area contributed by atoms with Crippen molar-refractivity contribution < 1.29 is 43.4 Å². The summed E-state index contributed by atoms with van der Waals surface area (Å²) in [7, 11) is 0.750. The molecule has 5 heteroatoms. The number of nitrogens with one attached hydrogen (secondary N) is 1. The average molecular weight is 449 g/mol. The Morgan fingerprint density at radius 1 is 1.04 bits per heavy atom. The fraction of sp³-hybridized carbons (Fsp3) is 0.737. The van der Waals surface area contributed by atoms with Crippen molar-refractivity contribution in [1.82, 2.24) is 0 Å². The first-order chi connectivity index (χ1) is 10.7. The van der Waals surface area contributed by atoms with Crippen LogP contribution in [0, 0.1) is 6.08 Å². The number of carbonyl (C=O) groups is 1. The van der Waals surface area contributed by atoms with Gasteiger partial charge in [0.15, 0.2) is 0 Å². The largest absolute Gasteiger partial charge is 3.00 e. The zero-order chi connectivity index (χ0) is 16.9. The minimum Gasteiger partial charge on any atom is -1.00 e. The number of rotatable bonds is 10. The summed E-state index contributed by atoms with van der Waals surface area (Å²) in [5, 5.41) is 0. The molecule has 138 valence electrons. The molecule has 0 aromatic rings. The monoisotopic (exact) mass is 447 g/mol. The predicted octanol–water partition coefficient (Wildman–Crippen LogP) is 3.31. The number of hydrogen-bond acceptors (Lipinski definition) is 1. The second kappa shape index (κ2) is 31.1. The van der Waals surface area contributed by atoms with Crippen LogP contribution in [0.2, 0.25) is 13.1 Å². The van der Waals surface area contributed by atoms with Crippen LogP contribution in [-0.2, 0) is 31.0 Å². The van der Waals surface area contributed by atoms with E-state index in [-0.39, 0.29) is 38.6 Å². The molecule has 1 aliphatic rings. The van der Waals surface area contributed by atoms with Crippen LogP contribution in [0.1, 0.15) is 77.6 Å². The SMILES string of the molecule is CCCCCCCCCCCC([NH-])=O.C[SiH]C.[C-]1=CC=CC1.[Cl-].[Zr+3]. The molecule has 1 aliphatic carbocycles. The van der Waals surface area contributed by atoms with Gasteiger partial charge in [-0.3, -0.25) is 6.08 Å². The Bertz CT molecular complexity index is 277. The van der Waals surface area contributed by atoms with Crippen LogP contribution >= 0.6 is 0 Å². The van der Waals surface area contributed by atoms with E-state index in [0.717, 1.165) is 28.8 Å². The normalized spacial score (nSPS) is 10.5. The maximum Gasteiger partial charge on any atom is 3.00 e. The van der Waals surface area contributed by atoms with Gasteiger partial charge in [-0.25, -0.2) is 12.2 Å². The van der Waals surface area contributed by atoms with Gasteiger partial charge >= 0.3 is 26.2 Å². The molecule has 24 heavy (non-hydrogen) atoms. The Hall–Kier alpha value is 0.340. The summed E-state index contributed by atoms with van der Waals surface area (Å²) in [6.45, 7) is 6.65. The van der Waals surface area contributed by atoms with Crippen LogP contribution in [0.4, 0.5) is 0 Å². The van der Waals surface area contributed by atoms with Crippen LogP contribution in [0.5, 0.6) is 0 Å². The minimum atomic E-state index is -0.409. The van der Waals surface area contributed by atoms with Gasteiger partial charge in [-0.15, -0.1) is 6.42 Å². The van der Waals surface area contributed by atoms with E-state index in [4.69, 9.17) is 5.73 Å². The van der Waals surface area contributed by atoms with Gasteiger partial charge in [0.1, 0.15) is 0 Å². The zero-order valence-electron chi connectivity index (χ0n) is 15.9. The van der Waals surface area contributed by atoms with E-state index in [0.29, 0.717) is 6.42 Å². The van der Waals surface area contributed by atoms with E-state index in [2.05, 4.69) is 32.2 Å². The molecule has 0 heterocycles. The molecule has 1 amide bonds. The molecule has 0 saturated carbocycles. The maximum absolute atomic E-state index is 10.3. The smallest absolute Gasteiger partial charge is 1.00 e. The van der Waals surface area contributed by atoms with Gasteiger partial charge in [-0.05, 0) is 12.8 Å². The molecule has 0 aromatic heterocycles. The Kier molecular flexibility index (Phi) is 41.6. The number of halogens is 1. The third-order valence-electron chi connectivity index (χ3n) is 3.09. The minimum absolute atomic E-state index is 0. The van der Waals surface area contributed by atoms with Gasteiger partial charge in [0, 0.05) is 15.4 Å². The van der Waals surface area contributed by atoms with Crippen molar-refractivity contribution in [1.29, 1.82) is 0 Å². The average Bonchev–Trinajstić information content (AvgIpc) is 3.05. The molecule has 0 spiro atoms. The summed E-state index contributed by atoms with van der Waals surface area (Å²) in [4.78, 5) is 10.3. The van der Waals surface area contributed by atoms with Gasteiger partial charge in [0.2, 0.25) is 0 Å². The van der Waals surface area contributed by atoms with E-state index in [1.54, 1.807) is 0 Å². The number of unbranched alkanes of at least 4 members (excludes halogenated alkanes) is 8. The predicted molar refractivity (Wildman–Crippen MR) is 102 cm³/mol. The molecule has 0 aliphatic heterocycles. The Morgan fingerprint density at radius 3 is 1.79 bits per heavy atom. The molecular weight excluding hydrogens is 413 g/mol. The van der Waals surface area contributed by atoms with E-state index >= 15 is 0 Å².